The SMILES string of the molecule is CC(C)(COc1cccc2c1C(N)=NS(=O)(=O)N2)N1C=CC(C(N)=O)=CC1. The lowest BCUT2D eigenvalue weighted by Crippen LogP contribution is -2.46. The van der Waals surface area contributed by atoms with Gasteiger partial charge >= 0.3 is 10.2 Å². The number of nitrogens with one attached hydrogen (secondary N) is 1. The smallest absolute Gasteiger partial charge is 0.344 e. The Hall–Kier alpha value is -3.01. The number of anilines is 1. The van der Waals surface area contributed by atoms with Crippen molar-refractivity contribution in [3.05, 3.63) is 47.7 Å². The third-order valence-electron chi connectivity index (χ3n) is 4.32. The second-order valence-electron chi connectivity index (χ2n) is 6.83. The van der Waals surface area contributed by atoms with Gasteiger partial charge in [-0.2, -0.15) is 8.42 Å². The minimum Gasteiger partial charge on any atom is -0.490 e. The van der Waals surface area contributed by atoms with Crippen LogP contribution in [0.4, 0.5) is 5.69 Å². The zero-order valence-corrected chi connectivity index (χ0v) is 15.8. The van der Waals surface area contributed by atoms with E-state index in [0.29, 0.717) is 29.1 Å². The molecule has 0 atom stereocenters. The molecule has 0 saturated carbocycles. The molecule has 0 radical (unpaired) electrons. The maximum absolute atomic E-state index is 11.7. The van der Waals surface area contributed by atoms with Crippen molar-refractivity contribution in [2.45, 2.75) is 19.4 Å². The molecule has 10 heteroatoms. The van der Waals surface area contributed by atoms with E-state index in [2.05, 4.69) is 9.12 Å². The zero-order chi connectivity index (χ0) is 19.8. The van der Waals surface area contributed by atoms with E-state index in [-0.39, 0.29) is 12.4 Å². The number of carbonyl (C=O) groups excluding carboxylic acids is 1. The Kier molecular flexibility index (Phi) is 4.60. The fourth-order valence-corrected chi connectivity index (χ4v) is 3.65. The molecule has 5 N–H and O–H groups in total. The molecule has 2 aliphatic rings. The highest BCUT2D eigenvalue weighted by Crippen LogP contribution is 2.31. The van der Waals surface area contributed by atoms with Crippen molar-refractivity contribution in [1.29, 1.82) is 0 Å². The number of hydrogen-bond acceptors (Lipinski definition) is 6. The molecule has 2 aliphatic heterocycles. The van der Waals surface area contributed by atoms with Gasteiger partial charge in [0.1, 0.15) is 12.4 Å². The van der Waals surface area contributed by atoms with Crippen LogP contribution in [0, 0.1) is 0 Å². The highest BCUT2D eigenvalue weighted by Gasteiger charge is 2.29. The van der Waals surface area contributed by atoms with Crippen LogP contribution in [0.5, 0.6) is 5.75 Å². The maximum atomic E-state index is 11.7. The van der Waals surface area contributed by atoms with Gasteiger partial charge in [-0.3, -0.25) is 9.52 Å². The second-order valence-corrected chi connectivity index (χ2v) is 8.16. The lowest BCUT2D eigenvalue weighted by atomic mass is 10.0. The Balaban J connectivity index is 1.76. The van der Waals surface area contributed by atoms with Crippen molar-refractivity contribution in [2.24, 2.45) is 15.9 Å². The molecule has 0 aliphatic carbocycles. The third kappa shape index (κ3) is 3.90. The highest BCUT2D eigenvalue weighted by atomic mass is 32.2. The van der Waals surface area contributed by atoms with E-state index in [1.54, 1.807) is 36.6 Å². The van der Waals surface area contributed by atoms with Crippen molar-refractivity contribution in [3.8, 4) is 5.75 Å². The molecular weight excluding hydrogens is 370 g/mol. The van der Waals surface area contributed by atoms with E-state index < -0.39 is 21.7 Å². The molecule has 144 valence electrons. The van der Waals surface area contributed by atoms with Crippen LogP contribution < -0.4 is 20.9 Å². The number of nitrogens with two attached hydrogens (primary N) is 2. The standard InChI is InChI=1S/C17H21N5O4S/c1-17(2,22-8-6-11(7-9-22)16(19)23)10-26-13-5-3-4-12-14(13)15(18)21-27(24,25)20-12/h3-8,20H,9-10H2,1-2H3,(H2,18,21)(H2,19,23). The minimum absolute atomic E-state index is 0.121. The lowest BCUT2D eigenvalue weighted by Gasteiger charge is -2.38. The summed E-state index contributed by atoms with van der Waals surface area (Å²) in [4.78, 5) is 13.2. The predicted molar refractivity (Wildman–Crippen MR) is 102 cm³/mol. The minimum atomic E-state index is -3.84. The first-order chi connectivity index (χ1) is 12.6. The van der Waals surface area contributed by atoms with Crippen molar-refractivity contribution in [1.82, 2.24) is 4.90 Å². The number of amides is 1. The van der Waals surface area contributed by atoms with Gasteiger partial charge in [0.05, 0.1) is 16.8 Å². The van der Waals surface area contributed by atoms with Gasteiger partial charge in [0.2, 0.25) is 5.91 Å². The van der Waals surface area contributed by atoms with Crippen LogP contribution in [0.1, 0.15) is 19.4 Å². The zero-order valence-electron chi connectivity index (χ0n) is 15.0. The van der Waals surface area contributed by atoms with Crippen LogP contribution in [0.25, 0.3) is 0 Å². The summed E-state index contributed by atoms with van der Waals surface area (Å²) >= 11 is 0. The van der Waals surface area contributed by atoms with Gasteiger partial charge in [0.15, 0.2) is 5.84 Å². The topological polar surface area (TPSA) is 140 Å². The van der Waals surface area contributed by atoms with Gasteiger partial charge in [-0.15, -0.1) is 4.40 Å². The molecule has 1 amide bonds. The van der Waals surface area contributed by atoms with Crippen LogP contribution >= 0.6 is 0 Å². The van der Waals surface area contributed by atoms with E-state index in [1.807, 2.05) is 18.7 Å². The van der Waals surface area contributed by atoms with Gasteiger partial charge < -0.3 is 21.1 Å². The van der Waals surface area contributed by atoms with E-state index in [9.17, 15) is 13.2 Å². The molecule has 1 aromatic carbocycles. The number of ether oxygens (including phenoxy) is 1. The quantitative estimate of drug-likeness (QED) is 0.666. The molecule has 0 aromatic heterocycles. The molecule has 0 fully saturated rings. The van der Waals surface area contributed by atoms with Gasteiger partial charge in [0.25, 0.3) is 0 Å². The molecule has 1 aromatic rings. The van der Waals surface area contributed by atoms with Crippen molar-refractivity contribution in [3.63, 3.8) is 0 Å². The van der Waals surface area contributed by atoms with E-state index in [4.69, 9.17) is 16.2 Å². The number of carbonyl (C=O) groups is 1. The first-order valence-corrected chi connectivity index (χ1v) is 9.62. The van der Waals surface area contributed by atoms with Crippen LogP contribution in [-0.2, 0) is 15.0 Å². The fraction of sp³-hybridized carbons (Fsp3) is 0.294. The first-order valence-electron chi connectivity index (χ1n) is 8.18. The Morgan fingerprint density at radius 1 is 1.41 bits per heavy atom. The Morgan fingerprint density at radius 3 is 2.78 bits per heavy atom. The van der Waals surface area contributed by atoms with Crippen LogP contribution in [0.15, 0.2) is 46.5 Å². The van der Waals surface area contributed by atoms with E-state index >= 15 is 0 Å². The van der Waals surface area contributed by atoms with Crippen molar-refractivity contribution < 1.29 is 17.9 Å². The summed E-state index contributed by atoms with van der Waals surface area (Å²) in [5.41, 5.74) is 11.9. The summed E-state index contributed by atoms with van der Waals surface area (Å²) in [5, 5.41) is 0. The largest absolute Gasteiger partial charge is 0.490 e. The molecule has 3 rings (SSSR count). The van der Waals surface area contributed by atoms with Gasteiger partial charge in [0, 0.05) is 18.3 Å². The Bertz CT molecular complexity index is 979. The predicted octanol–water partition coefficient (Wildman–Crippen LogP) is 0.461. The molecule has 0 unspecified atom stereocenters. The van der Waals surface area contributed by atoms with Crippen LogP contribution in [0.3, 0.4) is 0 Å². The second kappa shape index (κ2) is 6.62. The van der Waals surface area contributed by atoms with Crippen molar-refractivity contribution >= 4 is 27.6 Å². The number of rotatable bonds is 5. The maximum Gasteiger partial charge on any atom is 0.344 e. The summed E-state index contributed by atoms with van der Waals surface area (Å²) in [6.07, 6.45) is 5.22. The molecule has 0 spiro atoms. The Morgan fingerprint density at radius 2 is 2.15 bits per heavy atom. The van der Waals surface area contributed by atoms with Gasteiger partial charge in [-0.25, -0.2) is 0 Å². The third-order valence-corrected chi connectivity index (χ3v) is 5.24. The molecular formula is C17H21N5O4S. The summed E-state index contributed by atoms with van der Waals surface area (Å²) < 4.78 is 35.1. The number of fused-ring (bicyclic) bond motifs is 1. The van der Waals surface area contributed by atoms with Crippen LogP contribution in [0.2, 0.25) is 0 Å². The molecule has 27 heavy (non-hydrogen) atoms. The Labute approximate surface area is 157 Å². The summed E-state index contributed by atoms with van der Waals surface area (Å²) in [6, 6.07) is 4.97. The summed E-state index contributed by atoms with van der Waals surface area (Å²) in [7, 11) is -3.84. The molecule has 9 nitrogen and oxygen atoms in total. The normalized spacial score (nSPS) is 18.1. The van der Waals surface area contributed by atoms with E-state index in [0.717, 1.165) is 0 Å². The lowest BCUT2D eigenvalue weighted by molar-refractivity contribution is -0.114. The molecule has 0 saturated heterocycles. The van der Waals surface area contributed by atoms with Crippen molar-refractivity contribution in [2.75, 3.05) is 17.9 Å². The number of nitrogens with zero attached hydrogens (tertiary/aromatic N) is 2. The number of primary amides is 1. The number of amidine groups is 1. The fourth-order valence-electron chi connectivity index (χ4n) is 2.80. The molecule has 2 heterocycles. The summed E-state index contributed by atoms with van der Waals surface area (Å²) in [6.45, 7) is 4.76. The van der Waals surface area contributed by atoms with Gasteiger partial charge in [-0.1, -0.05) is 12.1 Å². The van der Waals surface area contributed by atoms with E-state index in [1.165, 1.54) is 0 Å². The van der Waals surface area contributed by atoms with Gasteiger partial charge in [-0.05, 0) is 32.1 Å². The summed E-state index contributed by atoms with van der Waals surface area (Å²) in [5.74, 6) is -0.157. The highest BCUT2D eigenvalue weighted by molar-refractivity contribution is 7.91. The number of benzene rings is 1. The molecule has 0 bridgehead atoms. The number of hydrogen-bond donors (Lipinski definition) is 3. The first kappa shape index (κ1) is 18.8. The van der Waals surface area contributed by atoms with Crippen LogP contribution in [-0.4, -0.2) is 43.8 Å². The monoisotopic (exact) mass is 391 g/mol. The average molecular weight is 391 g/mol. The average Bonchev–Trinajstić information content (AvgIpc) is 2.58.